The number of benzene rings is 3. The molecule has 216 valence electrons. The van der Waals surface area contributed by atoms with Crippen molar-refractivity contribution in [1.29, 1.82) is 0 Å². The van der Waals surface area contributed by atoms with E-state index in [1.165, 1.54) is 6.33 Å². The lowest BCUT2D eigenvalue weighted by Crippen LogP contribution is -2.41. The van der Waals surface area contributed by atoms with Crippen molar-refractivity contribution in [1.82, 2.24) is 14.5 Å². The van der Waals surface area contributed by atoms with Gasteiger partial charge >= 0.3 is 17.9 Å². The molecule has 10 nitrogen and oxygen atoms in total. The fourth-order valence-electron chi connectivity index (χ4n) is 4.83. The fourth-order valence-corrected chi connectivity index (χ4v) is 5.02. The van der Waals surface area contributed by atoms with Crippen LogP contribution < -0.4 is 0 Å². The number of hydrogen-bond donors (Lipinski definition) is 0. The van der Waals surface area contributed by atoms with Gasteiger partial charge in [0.15, 0.2) is 18.4 Å². The van der Waals surface area contributed by atoms with Gasteiger partial charge in [0.2, 0.25) is 0 Å². The summed E-state index contributed by atoms with van der Waals surface area (Å²) in [6.07, 6.45) is -1.45. The van der Waals surface area contributed by atoms with Gasteiger partial charge in [0.25, 0.3) is 0 Å². The lowest BCUT2D eigenvalue weighted by atomic mass is 10.1. The molecule has 43 heavy (non-hydrogen) atoms. The third kappa shape index (κ3) is 5.97. The number of fused-ring (bicyclic) bond motifs is 1. The van der Waals surface area contributed by atoms with Crippen LogP contribution in [0, 0.1) is 0 Å². The van der Waals surface area contributed by atoms with E-state index >= 15 is 0 Å². The molecule has 0 aliphatic carbocycles. The number of aromatic nitrogens is 3. The number of halogens is 1. The molecule has 1 saturated heterocycles. The maximum atomic E-state index is 13.3. The SMILES string of the molecule is O=C(OC[C@H]1O[C@@H](n2ccc3c(Cl)ncnc32)C(OC(=O)c2ccccc2)C1OC(=O)c1ccccc1)c1ccccc1. The van der Waals surface area contributed by atoms with E-state index in [9.17, 15) is 14.4 Å². The Labute approximate surface area is 250 Å². The first-order chi connectivity index (χ1) is 21.0. The molecule has 3 aromatic carbocycles. The Bertz CT molecular complexity index is 1750. The largest absolute Gasteiger partial charge is 0.459 e. The van der Waals surface area contributed by atoms with Crippen molar-refractivity contribution in [3.63, 3.8) is 0 Å². The van der Waals surface area contributed by atoms with Gasteiger partial charge in [0.1, 0.15) is 29.8 Å². The van der Waals surface area contributed by atoms with E-state index < -0.39 is 42.4 Å². The van der Waals surface area contributed by atoms with Gasteiger partial charge in [0, 0.05) is 6.20 Å². The van der Waals surface area contributed by atoms with Gasteiger partial charge < -0.3 is 23.5 Å². The topological polar surface area (TPSA) is 119 Å². The van der Waals surface area contributed by atoms with Gasteiger partial charge in [-0.3, -0.25) is 0 Å². The smallest absolute Gasteiger partial charge is 0.338 e. The van der Waals surface area contributed by atoms with Crippen LogP contribution in [0.2, 0.25) is 5.15 Å². The van der Waals surface area contributed by atoms with Crippen molar-refractivity contribution < 1.29 is 33.3 Å². The van der Waals surface area contributed by atoms with Crippen LogP contribution in [-0.4, -0.2) is 57.4 Å². The highest BCUT2D eigenvalue weighted by molar-refractivity contribution is 6.33. The van der Waals surface area contributed by atoms with Crippen molar-refractivity contribution >= 4 is 40.5 Å². The minimum absolute atomic E-state index is 0.222. The Morgan fingerprint density at radius 3 is 1.84 bits per heavy atom. The van der Waals surface area contributed by atoms with Crippen molar-refractivity contribution in [2.24, 2.45) is 0 Å². The average molecular weight is 598 g/mol. The van der Waals surface area contributed by atoms with E-state index in [0.717, 1.165) is 0 Å². The van der Waals surface area contributed by atoms with Gasteiger partial charge in [-0.1, -0.05) is 66.2 Å². The highest BCUT2D eigenvalue weighted by Gasteiger charge is 2.51. The third-order valence-electron chi connectivity index (χ3n) is 6.91. The first-order valence-electron chi connectivity index (χ1n) is 13.4. The van der Waals surface area contributed by atoms with E-state index in [-0.39, 0.29) is 22.9 Å². The van der Waals surface area contributed by atoms with Crippen LogP contribution in [0.4, 0.5) is 0 Å². The second-order valence-corrected chi connectivity index (χ2v) is 9.98. The number of hydrogen-bond acceptors (Lipinski definition) is 9. The number of esters is 3. The Morgan fingerprint density at radius 2 is 1.26 bits per heavy atom. The molecule has 0 bridgehead atoms. The summed E-state index contributed by atoms with van der Waals surface area (Å²) in [5.74, 6) is -1.92. The van der Waals surface area contributed by atoms with E-state index in [0.29, 0.717) is 16.6 Å². The molecule has 11 heteroatoms. The number of carbonyl (C=O) groups is 3. The van der Waals surface area contributed by atoms with E-state index in [2.05, 4.69) is 9.97 Å². The molecule has 1 aliphatic heterocycles. The van der Waals surface area contributed by atoms with E-state index in [1.807, 2.05) is 0 Å². The minimum atomic E-state index is -1.18. The molecule has 5 aromatic rings. The maximum Gasteiger partial charge on any atom is 0.338 e. The summed E-state index contributed by atoms with van der Waals surface area (Å²) >= 11 is 6.30. The van der Waals surface area contributed by atoms with E-state index in [4.69, 9.17) is 30.5 Å². The molecule has 0 saturated carbocycles. The first-order valence-corrected chi connectivity index (χ1v) is 13.7. The standard InChI is InChI=1S/C32H24ClN3O7/c33-27-23-16-17-36(28(23)35-19-34-27)29-26(43-32(39)22-14-8-3-9-15-22)25(42-31(38)21-12-6-2-7-13-21)24(41-29)18-40-30(37)20-10-4-1-5-11-20/h1-17,19,24-26,29H,18H2/t24-,25?,26?,29-/m1/s1. The Hall–Kier alpha value is -5.06. The van der Waals surface area contributed by atoms with Gasteiger partial charge in [-0.05, 0) is 42.5 Å². The zero-order chi connectivity index (χ0) is 29.8. The summed E-state index contributed by atoms with van der Waals surface area (Å²) < 4.78 is 25.5. The number of rotatable bonds is 8. The molecule has 0 N–H and O–H groups in total. The summed E-state index contributed by atoms with van der Waals surface area (Å²) in [6, 6.07) is 26.9. The van der Waals surface area contributed by atoms with Crippen LogP contribution in [0.25, 0.3) is 11.0 Å². The minimum Gasteiger partial charge on any atom is -0.459 e. The lowest BCUT2D eigenvalue weighted by molar-refractivity contribution is -0.0604. The molecule has 4 atom stereocenters. The molecule has 6 rings (SSSR count). The van der Waals surface area contributed by atoms with Crippen molar-refractivity contribution in [2.45, 2.75) is 24.5 Å². The highest BCUT2D eigenvalue weighted by atomic mass is 35.5. The second-order valence-electron chi connectivity index (χ2n) is 9.63. The maximum absolute atomic E-state index is 13.3. The monoisotopic (exact) mass is 597 g/mol. The summed E-state index contributed by atoms with van der Waals surface area (Å²) in [6.45, 7) is -0.300. The molecule has 1 fully saturated rings. The number of nitrogens with zero attached hydrogens (tertiary/aromatic N) is 3. The highest BCUT2D eigenvalue weighted by Crippen LogP contribution is 2.37. The molecule has 0 amide bonds. The Morgan fingerprint density at radius 1 is 0.721 bits per heavy atom. The van der Waals surface area contributed by atoms with E-state index in [1.54, 1.807) is 108 Å². The van der Waals surface area contributed by atoms with Crippen LogP contribution >= 0.6 is 11.6 Å². The zero-order valence-electron chi connectivity index (χ0n) is 22.5. The Kier molecular flexibility index (Phi) is 8.12. The number of ether oxygens (including phenoxy) is 4. The van der Waals surface area contributed by atoms with Crippen LogP contribution in [0.3, 0.4) is 0 Å². The summed E-state index contributed by atoms with van der Waals surface area (Å²) in [5, 5.41) is 0.762. The summed E-state index contributed by atoms with van der Waals surface area (Å²) in [7, 11) is 0. The van der Waals surface area contributed by atoms with Crippen LogP contribution in [0.5, 0.6) is 0 Å². The second kappa shape index (κ2) is 12.4. The molecular weight excluding hydrogens is 574 g/mol. The van der Waals surface area contributed by atoms with Crippen molar-refractivity contribution in [3.8, 4) is 0 Å². The van der Waals surface area contributed by atoms with Gasteiger partial charge in [-0.2, -0.15) is 0 Å². The first kappa shape index (κ1) is 28.1. The van der Waals surface area contributed by atoms with Gasteiger partial charge in [-0.25, -0.2) is 24.4 Å². The molecule has 0 spiro atoms. The quantitative estimate of drug-likeness (QED) is 0.133. The van der Waals surface area contributed by atoms with Crippen molar-refractivity contribution in [3.05, 3.63) is 131 Å². The van der Waals surface area contributed by atoms with Crippen LogP contribution in [0.1, 0.15) is 37.3 Å². The summed E-state index contributed by atoms with van der Waals surface area (Å²) in [5.41, 5.74) is 1.31. The molecule has 1 aliphatic rings. The molecular formula is C32H24ClN3O7. The zero-order valence-corrected chi connectivity index (χ0v) is 23.2. The van der Waals surface area contributed by atoms with Gasteiger partial charge in [-0.15, -0.1) is 0 Å². The van der Waals surface area contributed by atoms with Crippen LogP contribution in [-0.2, 0) is 18.9 Å². The third-order valence-corrected chi connectivity index (χ3v) is 7.21. The average Bonchev–Trinajstić information content (AvgIpc) is 3.63. The summed E-state index contributed by atoms with van der Waals surface area (Å²) in [4.78, 5) is 47.8. The Balaban J connectivity index is 1.37. The predicted octanol–water partition coefficient (Wildman–Crippen LogP) is 5.29. The van der Waals surface area contributed by atoms with Gasteiger partial charge in [0.05, 0.1) is 22.1 Å². The molecule has 2 aromatic heterocycles. The fraction of sp³-hybridized carbons (Fsp3) is 0.156. The van der Waals surface area contributed by atoms with Crippen molar-refractivity contribution in [2.75, 3.05) is 6.61 Å². The molecule has 2 unspecified atom stereocenters. The normalized spacial score (nSPS) is 19.6. The predicted molar refractivity (Wildman–Crippen MR) is 154 cm³/mol. The number of carbonyl (C=O) groups excluding carboxylic acids is 3. The molecule has 3 heterocycles. The lowest BCUT2D eigenvalue weighted by Gasteiger charge is -2.25. The van der Waals surface area contributed by atoms with Crippen LogP contribution in [0.15, 0.2) is 110 Å². The molecule has 0 radical (unpaired) electrons.